The van der Waals surface area contributed by atoms with Gasteiger partial charge in [-0.2, -0.15) is 18.2 Å². The largest absolute Gasteiger partial charge is 0.421 e. The Morgan fingerprint density at radius 2 is 2.00 bits per heavy atom. The van der Waals surface area contributed by atoms with Gasteiger partial charge in [-0.15, -0.1) is 0 Å². The van der Waals surface area contributed by atoms with E-state index in [9.17, 15) is 13.2 Å². The highest BCUT2D eigenvalue weighted by Crippen LogP contribution is 2.34. The number of nitrogens with zero attached hydrogens (tertiary/aromatic N) is 2. The minimum absolute atomic E-state index is 0.0336. The van der Waals surface area contributed by atoms with Crippen molar-refractivity contribution >= 4 is 29.4 Å². The van der Waals surface area contributed by atoms with Crippen molar-refractivity contribution in [2.75, 3.05) is 23.4 Å². The van der Waals surface area contributed by atoms with Crippen molar-refractivity contribution in [1.82, 2.24) is 9.97 Å². The quantitative estimate of drug-likeness (QED) is 0.511. The molecule has 0 aliphatic rings. The summed E-state index contributed by atoms with van der Waals surface area (Å²) in [6.45, 7) is 1.79. The van der Waals surface area contributed by atoms with Crippen LogP contribution in [-0.4, -0.2) is 23.2 Å². The third kappa shape index (κ3) is 3.33. The zero-order valence-corrected chi connectivity index (χ0v) is 12.4. The molecule has 2 rings (SSSR count). The van der Waals surface area contributed by atoms with Crippen molar-refractivity contribution in [3.8, 4) is 0 Å². The summed E-state index contributed by atoms with van der Waals surface area (Å²) in [5.74, 6) is -0.375. The van der Waals surface area contributed by atoms with Crippen molar-refractivity contribution in [2.45, 2.75) is 13.1 Å². The molecular weight excluding hydrogens is 309 g/mol. The highest BCUT2D eigenvalue weighted by Gasteiger charge is 2.35. The van der Waals surface area contributed by atoms with Crippen molar-refractivity contribution in [1.29, 1.82) is 5.41 Å². The van der Waals surface area contributed by atoms with Gasteiger partial charge in [0.2, 0.25) is 5.95 Å². The summed E-state index contributed by atoms with van der Waals surface area (Å²) in [5.41, 5.74) is 6.98. The van der Waals surface area contributed by atoms with Gasteiger partial charge in [-0.05, 0) is 18.6 Å². The summed E-state index contributed by atoms with van der Waals surface area (Å²) in [4.78, 5) is 7.49. The Kier molecular flexibility index (Phi) is 4.39. The van der Waals surface area contributed by atoms with E-state index in [1.54, 1.807) is 19.1 Å². The van der Waals surface area contributed by atoms with E-state index < -0.39 is 11.7 Å². The second-order valence-corrected chi connectivity index (χ2v) is 4.73. The van der Waals surface area contributed by atoms with E-state index >= 15 is 0 Å². The molecule has 0 aliphatic carbocycles. The molecule has 0 bridgehead atoms. The number of aryl methyl sites for hydroxylation is 1. The molecule has 2 aromatic rings. The summed E-state index contributed by atoms with van der Waals surface area (Å²) in [6.07, 6.45) is -2.79. The summed E-state index contributed by atoms with van der Waals surface area (Å²) >= 11 is 0. The van der Waals surface area contributed by atoms with Crippen LogP contribution in [0.5, 0.6) is 0 Å². The van der Waals surface area contributed by atoms with E-state index in [2.05, 4.69) is 20.6 Å². The maximum absolute atomic E-state index is 12.8. The molecular formula is C14H15F3N6. The zero-order chi connectivity index (χ0) is 17.2. The van der Waals surface area contributed by atoms with Crippen LogP contribution in [0.15, 0.2) is 18.3 Å². The topological polar surface area (TPSA) is 99.7 Å². The number of alkyl halides is 3. The molecule has 1 aromatic heterocycles. The molecule has 6 nitrogen and oxygen atoms in total. The maximum Gasteiger partial charge on any atom is 0.421 e. The molecule has 0 unspecified atom stereocenters. The first kappa shape index (κ1) is 16.5. The number of benzene rings is 1. The van der Waals surface area contributed by atoms with Crippen LogP contribution in [0.2, 0.25) is 0 Å². The number of rotatable bonds is 4. The Hall–Kier alpha value is -2.84. The Labute approximate surface area is 130 Å². The van der Waals surface area contributed by atoms with Crippen LogP contribution in [0.1, 0.15) is 16.7 Å². The highest BCUT2D eigenvalue weighted by molar-refractivity contribution is 5.94. The Morgan fingerprint density at radius 1 is 1.30 bits per heavy atom. The standard InChI is InChI=1S/C14H15F3N6/c1-7-3-4-10(8(5-18)11(7)19)22-13-21-6-9(14(15,16)17)12(20-2)23-13/h3-6,18H,19H2,1-2H3,(H2,20,21,22,23). The first-order chi connectivity index (χ1) is 10.8. The Morgan fingerprint density at radius 3 is 2.57 bits per heavy atom. The molecule has 0 atom stereocenters. The van der Waals surface area contributed by atoms with Gasteiger partial charge in [0, 0.05) is 30.7 Å². The molecule has 1 aromatic carbocycles. The van der Waals surface area contributed by atoms with E-state index in [-0.39, 0.29) is 11.8 Å². The molecule has 0 amide bonds. The first-order valence-electron chi connectivity index (χ1n) is 6.56. The number of hydrogen-bond donors (Lipinski definition) is 4. The summed E-state index contributed by atoms with van der Waals surface area (Å²) in [7, 11) is 1.34. The Balaban J connectivity index is 2.42. The number of nitrogen functional groups attached to an aromatic ring is 1. The van der Waals surface area contributed by atoms with Crippen molar-refractivity contribution in [2.24, 2.45) is 0 Å². The highest BCUT2D eigenvalue weighted by atomic mass is 19.4. The fraction of sp³-hybridized carbons (Fsp3) is 0.214. The predicted molar refractivity (Wildman–Crippen MR) is 83.3 cm³/mol. The van der Waals surface area contributed by atoms with E-state index in [0.717, 1.165) is 11.8 Å². The van der Waals surface area contributed by atoms with Gasteiger partial charge in [0.25, 0.3) is 0 Å². The van der Waals surface area contributed by atoms with Crippen molar-refractivity contribution < 1.29 is 13.2 Å². The molecule has 0 radical (unpaired) electrons. The normalized spacial score (nSPS) is 11.2. The average molecular weight is 324 g/mol. The lowest BCUT2D eigenvalue weighted by Crippen LogP contribution is -2.13. The maximum atomic E-state index is 12.8. The van der Waals surface area contributed by atoms with E-state index in [1.165, 1.54) is 7.05 Å². The molecule has 0 aliphatic heterocycles. The lowest BCUT2D eigenvalue weighted by Gasteiger charge is -2.15. The minimum Gasteiger partial charge on any atom is -0.398 e. The molecule has 9 heteroatoms. The van der Waals surface area contributed by atoms with Crippen molar-refractivity contribution in [3.63, 3.8) is 0 Å². The summed E-state index contributed by atoms with van der Waals surface area (Å²) in [6, 6.07) is 3.39. The molecule has 122 valence electrons. The molecule has 1 heterocycles. The molecule has 0 saturated heterocycles. The number of hydrogen-bond acceptors (Lipinski definition) is 6. The fourth-order valence-corrected chi connectivity index (χ4v) is 1.97. The smallest absolute Gasteiger partial charge is 0.398 e. The fourth-order valence-electron chi connectivity index (χ4n) is 1.97. The minimum atomic E-state index is -4.55. The van der Waals surface area contributed by atoms with Crippen LogP contribution in [0, 0.1) is 12.3 Å². The van der Waals surface area contributed by atoms with Gasteiger partial charge < -0.3 is 21.8 Å². The summed E-state index contributed by atoms with van der Waals surface area (Å²) in [5, 5.41) is 12.6. The van der Waals surface area contributed by atoms with Gasteiger partial charge >= 0.3 is 6.18 Å². The number of halogens is 3. The third-order valence-corrected chi connectivity index (χ3v) is 3.23. The molecule has 23 heavy (non-hydrogen) atoms. The summed E-state index contributed by atoms with van der Waals surface area (Å²) < 4.78 is 38.5. The number of anilines is 4. The van der Waals surface area contributed by atoms with E-state index in [0.29, 0.717) is 23.1 Å². The SMILES string of the molecule is CNc1nc(Nc2ccc(C)c(N)c2C=N)ncc1C(F)(F)F. The van der Waals surface area contributed by atoms with Crippen LogP contribution in [0.4, 0.5) is 36.3 Å². The monoisotopic (exact) mass is 324 g/mol. The van der Waals surface area contributed by atoms with Gasteiger partial charge in [0.05, 0.1) is 5.69 Å². The molecule has 0 fully saturated rings. The zero-order valence-electron chi connectivity index (χ0n) is 12.4. The van der Waals surface area contributed by atoms with Crippen LogP contribution in [0.3, 0.4) is 0 Å². The van der Waals surface area contributed by atoms with E-state index in [4.69, 9.17) is 11.1 Å². The molecule has 0 saturated carbocycles. The van der Waals surface area contributed by atoms with Crippen molar-refractivity contribution in [3.05, 3.63) is 35.0 Å². The van der Waals surface area contributed by atoms with Gasteiger partial charge in [0.15, 0.2) is 0 Å². The number of nitrogens with one attached hydrogen (secondary N) is 3. The van der Waals surface area contributed by atoms with Crippen LogP contribution in [-0.2, 0) is 6.18 Å². The predicted octanol–water partition coefficient (Wildman–Crippen LogP) is 3.17. The molecule has 5 N–H and O–H groups in total. The Bertz CT molecular complexity index is 742. The number of aromatic nitrogens is 2. The van der Waals surface area contributed by atoms with Gasteiger partial charge in [-0.3, -0.25) is 0 Å². The third-order valence-electron chi connectivity index (χ3n) is 3.23. The lowest BCUT2D eigenvalue weighted by molar-refractivity contribution is -0.137. The van der Waals surface area contributed by atoms with Gasteiger partial charge in [-0.1, -0.05) is 6.07 Å². The average Bonchev–Trinajstić information content (AvgIpc) is 2.50. The van der Waals surface area contributed by atoms with E-state index in [1.807, 2.05) is 0 Å². The van der Waals surface area contributed by atoms with Crippen LogP contribution < -0.4 is 16.4 Å². The van der Waals surface area contributed by atoms with Gasteiger partial charge in [0.1, 0.15) is 11.4 Å². The first-order valence-corrected chi connectivity index (χ1v) is 6.56. The van der Waals surface area contributed by atoms with Crippen LogP contribution >= 0.6 is 0 Å². The van der Waals surface area contributed by atoms with Gasteiger partial charge in [-0.25, -0.2) is 4.98 Å². The lowest BCUT2D eigenvalue weighted by atomic mass is 10.1. The molecule has 0 spiro atoms. The van der Waals surface area contributed by atoms with Crippen LogP contribution in [0.25, 0.3) is 0 Å². The second-order valence-electron chi connectivity index (χ2n) is 4.73. The number of nitrogens with two attached hydrogens (primary N) is 1. The second kappa shape index (κ2) is 6.11.